The SMILES string of the molecule is CC(C)(C)NC(=O)C(c1ccncc1)N(Cc1ccc2c(c1)OCO2)C(=O)c1ccc(-c2ccccc2)[nH]1. The molecule has 2 aromatic heterocycles. The lowest BCUT2D eigenvalue weighted by atomic mass is 10.0. The number of nitrogens with one attached hydrogen (secondary N) is 2. The summed E-state index contributed by atoms with van der Waals surface area (Å²) < 4.78 is 11.0. The van der Waals surface area contributed by atoms with E-state index in [-0.39, 0.29) is 25.2 Å². The molecule has 0 radical (unpaired) electrons. The Balaban J connectivity index is 1.56. The van der Waals surface area contributed by atoms with Crippen LogP contribution < -0.4 is 14.8 Å². The van der Waals surface area contributed by atoms with Gasteiger partial charge in [0.2, 0.25) is 12.7 Å². The van der Waals surface area contributed by atoms with Gasteiger partial charge in [-0.1, -0.05) is 36.4 Å². The van der Waals surface area contributed by atoms with Crippen molar-refractivity contribution < 1.29 is 19.1 Å². The van der Waals surface area contributed by atoms with E-state index in [0.717, 1.165) is 16.8 Å². The maximum absolute atomic E-state index is 14.2. The van der Waals surface area contributed by atoms with E-state index in [2.05, 4.69) is 15.3 Å². The molecule has 1 aliphatic rings. The van der Waals surface area contributed by atoms with Gasteiger partial charge in [-0.05, 0) is 73.9 Å². The summed E-state index contributed by atoms with van der Waals surface area (Å²) >= 11 is 0. The Kier molecular flexibility index (Phi) is 6.87. The van der Waals surface area contributed by atoms with Gasteiger partial charge in [0.05, 0.1) is 0 Å². The minimum absolute atomic E-state index is 0.153. The molecule has 2 amide bonds. The van der Waals surface area contributed by atoms with E-state index < -0.39 is 11.6 Å². The molecule has 194 valence electrons. The normalized spacial score (nSPS) is 13.1. The Morgan fingerprint density at radius 2 is 1.71 bits per heavy atom. The van der Waals surface area contributed by atoms with Crippen LogP contribution in [0.25, 0.3) is 11.3 Å². The molecule has 0 bridgehead atoms. The fourth-order valence-corrected chi connectivity index (χ4v) is 4.43. The number of carbonyl (C=O) groups excluding carboxylic acids is 2. The number of hydrogen-bond acceptors (Lipinski definition) is 5. The molecule has 1 unspecified atom stereocenters. The molecular formula is C30H30N4O4. The fourth-order valence-electron chi connectivity index (χ4n) is 4.43. The van der Waals surface area contributed by atoms with E-state index in [9.17, 15) is 9.59 Å². The van der Waals surface area contributed by atoms with Crippen LogP contribution >= 0.6 is 0 Å². The third kappa shape index (κ3) is 5.54. The standard InChI is InChI=1S/C30H30N4O4/c1-30(2,3)33-28(35)27(22-13-15-31-16-14-22)34(18-20-9-12-25-26(17-20)38-19-37-25)29(36)24-11-10-23(32-24)21-7-5-4-6-8-21/h4-17,27,32H,18-19H2,1-3H3,(H,33,35). The van der Waals surface area contributed by atoms with Gasteiger partial charge in [0.25, 0.3) is 5.91 Å². The number of fused-ring (bicyclic) bond motifs is 1. The van der Waals surface area contributed by atoms with Gasteiger partial charge in [-0.25, -0.2) is 0 Å². The second-order valence-corrected chi connectivity index (χ2v) is 10.2. The van der Waals surface area contributed by atoms with Gasteiger partial charge in [0.15, 0.2) is 11.5 Å². The molecule has 0 saturated heterocycles. The van der Waals surface area contributed by atoms with E-state index in [1.165, 1.54) is 0 Å². The quantitative estimate of drug-likeness (QED) is 0.360. The number of aromatic nitrogens is 2. The summed E-state index contributed by atoms with van der Waals surface area (Å²) in [5.41, 5.74) is 3.13. The average Bonchev–Trinajstić information content (AvgIpc) is 3.58. The van der Waals surface area contributed by atoms with Crippen LogP contribution in [0.3, 0.4) is 0 Å². The summed E-state index contributed by atoms with van der Waals surface area (Å²) in [5, 5.41) is 3.05. The number of hydrogen-bond donors (Lipinski definition) is 2. The molecule has 3 heterocycles. The summed E-state index contributed by atoms with van der Waals surface area (Å²) in [4.78, 5) is 36.9. The summed E-state index contributed by atoms with van der Waals surface area (Å²) in [6.07, 6.45) is 3.25. The van der Waals surface area contributed by atoms with Crippen molar-refractivity contribution in [1.29, 1.82) is 0 Å². The van der Waals surface area contributed by atoms with Crippen molar-refractivity contribution in [3.8, 4) is 22.8 Å². The van der Waals surface area contributed by atoms with Crippen molar-refractivity contribution in [2.45, 2.75) is 38.9 Å². The number of aromatic amines is 1. The molecule has 2 N–H and O–H groups in total. The van der Waals surface area contributed by atoms with E-state index >= 15 is 0 Å². The first-order valence-electron chi connectivity index (χ1n) is 12.4. The van der Waals surface area contributed by atoms with Crippen LogP contribution in [0.5, 0.6) is 11.5 Å². The predicted molar refractivity (Wildman–Crippen MR) is 144 cm³/mol. The van der Waals surface area contributed by atoms with E-state index in [0.29, 0.717) is 22.8 Å². The molecular weight excluding hydrogens is 480 g/mol. The van der Waals surface area contributed by atoms with Gasteiger partial charge >= 0.3 is 0 Å². The molecule has 38 heavy (non-hydrogen) atoms. The molecule has 4 aromatic rings. The van der Waals surface area contributed by atoms with Crippen molar-refractivity contribution >= 4 is 11.8 Å². The first kappa shape index (κ1) is 25.1. The minimum atomic E-state index is -0.904. The Morgan fingerprint density at radius 3 is 2.45 bits per heavy atom. The number of nitrogens with zero attached hydrogens (tertiary/aromatic N) is 2. The summed E-state index contributed by atoms with van der Waals surface area (Å²) in [7, 11) is 0. The third-order valence-corrected chi connectivity index (χ3v) is 6.13. The van der Waals surface area contributed by atoms with Crippen LogP contribution in [0.15, 0.2) is 85.2 Å². The number of carbonyl (C=O) groups is 2. The second kappa shape index (κ2) is 10.4. The highest BCUT2D eigenvalue weighted by Gasteiger charge is 2.34. The first-order chi connectivity index (χ1) is 18.3. The first-order valence-corrected chi connectivity index (χ1v) is 12.4. The topological polar surface area (TPSA) is 96.6 Å². The van der Waals surface area contributed by atoms with Crippen molar-refractivity contribution in [1.82, 2.24) is 20.2 Å². The van der Waals surface area contributed by atoms with Gasteiger partial charge in [0.1, 0.15) is 11.7 Å². The van der Waals surface area contributed by atoms with Crippen molar-refractivity contribution in [2.75, 3.05) is 6.79 Å². The lowest BCUT2D eigenvalue weighted by molar-refractivity contribution is -0.127. The Morgan fingerprint density at radius 1 is 0.974 bits per heavy atom. The second-order valence-electron chi connectivity index (χ2n) is 10.2. The van der Waals surface area contributed by atoms with Crippen LogP contribution in [0.1, 0.15) is 48.4 Å². The molecule has 1 aliphatic heterocycles. The largest absolute Gasteiger partial charge is 0.454 e. The highest BCUT2D eigenvalue weighted by atomic mass is 16.7. The zero-order valence-electron chi connectivity index (χ0n) is 21.6. The van der Waals surface area contributed by atoms with Crippen LogP contribution in [0.2, 0.25) is 0 Å². The number of benzene rings is 2. The summed E-state index contributed by atoms with van der Waals surface area (Å²) in [6, 6.07) is 21.6. The number of amides is 2. The highest BCUT2D eigenvalue weighted by Crippen LogP contribution is 2.34. The van der Waals surface area contributed by atoms with E-state index in [1.807, 2.05) is 75.4 Å². The Hall–Kier alpha value is -4.59. The minimum Gasteiger partial charge on any atom is -0.454 e. The van der Waals surface area contributed by atoms with Gasteiger partial charge in [0, 0.05) is 30.2 Å². The lowest BCUT2D eigenvalue weighted by Gasteiger charge is -2.33. The summed E-state index contributed by atoms with van der Waals surface area (Å²) in [5.74, 6) is 0.670. The molecule has 8 heteroatoms. The number of rotatable bonds is 7. The van der Waals surface area contributed by atoms with Crippen LogP contribution in [-0.4, -0.2) is 39.0 Å². The third-order valence-electron chi connectivity index (χ3n) is 6.13. The number of pyridine rings is 1. The average molecular weight is 511 g/mol. The van der Waals surface area contributed by atoms with Crippen molar-refractivity contribution in [3.05, 3.63) is 102 Å². The lowest BCUT2D eigenvalue weighted by Crippen LogP contribution is -2.49. The Labute approximate surface area is 221 Å². The maximum atomic E-state index is 14.2. The zero-order chi connectivity index (χ0) is 26.7. The molecule has 5 rings (SSSR count). The van der Waals surface area contributed by atoms with E-state index in [4.69, 9.17) is 9.47 Å². The van der Waals surface area contributed by atoms with Gasteiger partial charge in [-0.15, -0.1) is 0 Å². The molecule has 2 aromatic carbocycles. The maximum Gasteiger partial charge on any atom is 0.271 e. The smallest absolute Gasteiger partial charge is 0.271 e. The monoisotopic (exact) mass is 510 g/mol. The molecule has 1 atom stereocenters. The molecule has 0 spiro atoms. The fraction of sp³-hybridized carbons (Fsp3) is 0.233. The molecule has 0 saturated carbocycles. The molecule has 0 aliphatic carbocycles. The predicted octanol–water partition coefficient (Wildman–Crippen LogP) is 5.10. The highest BCUT2D eigenvalue weighted by molar-refractivity contribution is 5.97. The molecule has 8 nitrogen and oxygen atoms in total. The Bertz CT molecular complexity index is 1430. The number of ether oxygens (including phenoxy) is 2. The van der Waals surface area contributed by atoms with Crippen LogP contribution in [-0.2, 0) is 11.3 Å². The van der Waals surface area contributed by atoms with Gasteiger partial charge in [-0.3, -0.25) is 14.6 Å². The number of H-pyrrole nitrogens is 1. The van der Waals surface area contributed by atoms with Crippen LogP contribution in [0, 0.1) is 0 Å². The van der Waals surface area contributed by atoms with Crippen molar-refractivity contribution in [3.63, 3.8) is 0 Å². The van der Waals surface area contributed by atoms with Crippen LogP contribution in [0.4, 0.5) is 0 Å². The van der Waals surface area contributed by atoms with E-state index in [1.54, 1.807) is 35.5 Å². The summed E-state index contributed by atoms with van der Waals surface area (Å²) in [6.45, 7) is 6.06. The molecule has 0 fully saturated rings. The van der Waals surface area contributed by atoms with Gasteiger partial charge < -0.3 is 24.7 Å². The van der Waals surface area contributed by atoms with Gasteiger partial charge in [-0.2, -0.15) is 0 Å². The zero-order valence-corrected chi connectivity index (χ0v) is 21.6. The van der Waals surface area contributed by atoms with Crippen molar-refractivity contribution in [2.24, 2.45) is 0 Å².